The molecule has 368 valence electrons. The lowest BCUT2D eigenvalue weighted by atomic mass is 9.33. The number of aliphatic hydroxyl groups is 2. The zero-order chi connectivity index (χ0) is 48.0. The Morgan fingerprint density at radius 1 is 0.470 bits per heavy atom. The summed E-state index contributed by atoms with van der Waals surface area (Å²) in [7, 11) is 0. The van der Waals surface area contributed by atoms with Crippen LogP contribution in [0, 0.1) is 90.7 Å². The van der Waals surface area contributed by atoms with Crippen molar-refractivity contribution in [2.24, 2.45) is 90.7 Å². The first kappa shape index (κ1) is 47.7. The van der Waals surface area contributed by atoms with Crippen molar-refractivity contribution in [3.05, 3.63) is 22.3 Å². The Labute approximate surface area is 400 Å². The molecule has 7 heteroatoms. The number of urea groups is 1. The number of allylic oxidation sites excluding steroid dienone is 2. The Morgan fingerprint density at radius 3 is 1.18 bits per heavy atom. The summed E-state index contributed by atoms with van der Waals surface area (Å²) in [5, 5.41) is 29.9. The van der Waals surface area contributed by atoms with Crippen molar-refractivity contribution in [2.45, 2.75) is 236 Å². The molecule has 10 aliphatic rings. The minimum atomic E-state index is -0.722. The van der Waals surface area contributed by atoms with Crippen LogP contribution < -0.4 is 10.6 Å². The summed E-state index contributed by atoms with van der Waals surface area (Å²) in [6.07, 6.45) is 16.4. The first-order valence-electron chi connectivity index (χ1n) is 27.6. The third-order valence-corrected chi connectivity index (χ3v) is 25.5. The highest BCUT2D eigenvalue weighted by atomic mass is 16.3. The maximum Gasteiger partial charge on any atom is 0.316 e. The number of carbonyl (C=O) groups is 3. The summed E-state index contributed by atoms with van der Waals surface area (Å²) >= 11 is 0. The van der Waals surface area contributed by atoms with Gasteiger partial charge in [-0.05, 0) is 216 Å². The lowest BCUT2D eigenvalue weighted by Crippen LogP contribution is -2.69. The minimum Gasteiger partial charge on any atom is -0.393 e. The van der Waals surface area contributed by atoms with Crippen LogP contribution in [0.25, 0.3) is 0 Å². The fourth-order valence-electron chi connectivity index (χ4n) is 22.0. The van der Waals surface area contributed by atoms with Crippen molar-refractivity contribution in [1.29, 1.82) is 0 Å². The first-order chi connectivity index (χ1) is 30.5. The van der Waals surface area contributed by atoms with Gasteiger partial charge in [-0.1, -0.05) is 96.9 Å². The van der Waals surface area contributed by atoms with Gasteiger partial charge in [-0.2, -0.15) is 0 Å². The normalized spacial score (nSPS) is 51.2. The Morgan fingerprint density at radius 2 is 0.833 bits per heavy atom. The molecule has 10 aliphatic carbocycles. The number of ketones is 2. The summed E-state index contributed by atoms with van der Waals surface area (Å²) in [6, 6.07) is -0.195. The number of hydrogen-bond acceptors (Lipinski definition) is 5. The van der Waals surface area contributed by atoms with E-state index in [4.69, 9.17) is 0 Å². The number of nitrogens with one attached hydrogen (secondary N) is 2. The fourth-order valence-corrected chi connectivity index (χ4v) is 22.0. The van der Waals surface area contributed by atoms with Gasteiger partial charge in [-0.25, -0.2) is 4.79 Å². The maximum absolute atomic E-state index is 15.3. The molecular formula is C59H92N2O5. The summed E-state index contributed by atoms with van der Waals surface area (Å²) < 4.78 is 0. The summed E-state index contributed by atoms with van der Waals surface area (Å²) in [4.78, 5) is 44.5. The third-order valence-electron chi connectivity index (χ3n) is 25.5. The van der Waals surface area contributed by atoms with Gasteiger partial charge >= 0.3 is 6.03 Å². The first-order valence-corrected chi connectivity index (χ1v) is 27.6. The molecule has 0 saturated heterocycles. The van der Waals surface area contributed by atoms with E-state index in [1.165, 1.54) is 11.1 Å². The summed E-state index contributed by atoms with van der Waals surface area (Å²) in [6.45, 7) is 33.5. The molecule has 0 aromatic heterocycles. The molecule has 8 fully saturated rings. The van der Waals surface area contributed by atoms with E-state index in [9.17, 15) is 19.8 Å². The molecule has 0 bridgehead atoms. The van der Waals surface area contributed by atoms with Gasteiger partial charge in [0.15, 0.2) is 11.6 Å². The molecule has 66 heavy (non-hydrogen) atoms. The largest absolute Gasteiger partial charge is 0.393 e. The molecular weight excluding hydrogens is 817 g/mol. The summed E-state index contributed by atoms with van der Waals surface area (Å²) in [5.41, 5.74) is 3.26. The summed E-state index contributed by atoms with van der Waals surface area (Å²) in [5.74, 6) is 3.09. The van der Waals surface area contributed by atoms with Crippen molar-refractivity contribution >= 4 is 17.6 Å². The SMILES string of the molecule is CC(C)C1=C2[C@H]3CC[C@@H]4[C@@]5(C)CC[C@H](O)C(C)(C)[C@@H]5CC[C@@]4(C)[C@]3(C)CC[C@@]2(NC(=O)N[C@@]23CC[C@]4(C)[C@H](CC[C@@H]5[C@@]6(C)CC[C@H](O)C(C)(C)[C@@H]6CC[C@]54C)C2=C(C(C)C)C(=O)C3)CC1=O. The number of amides is 2. The van der Waals surface area contributed by atoms with Gasteiger partial charge in [0.2, 0.25) is 0 Å². The van der Waals surface area contributed by atoms with Crippen LogP contribution >= 0.6 is 0 Å². The van der Waals surface area contributed by atoms with Gasteiger partial charge in [0, 0.05) is 12.8 Å². The van der Waals surface area contributed by atoms with Crippen LogP contribution in [-0.2, 0) is 9.59 Å². The quantitative estimate of drug-likeness (QED) is 0.224. The third kappa shape index (κ3) is 5.77. The van der Waals surface area contributed by atoms with E-state index in [2.05, 4.69) is 108 Å². The second-order valence-electron chi connectivity index (χ2n) is 28.9. The predicted octanol–water partition coefficient (Wildman–Crippen LogP) is 12.5. The van der Waals surface area contributed by atoms with E-state index in [1.54, 1.807) is 0 Å². The van der Waals surface area contributed by atoms with Gasteiger partial charge in [-0.15, -0.1) is 0 Å². The van der Waals surface area contributed by atoms with Crippen molar-refractivity contribution in [3.63, 3.8) is 0 Å². The van der Waals surface area contributed by atoms with E-state index in [0.29, 0.717) is 36.5 Å². The number of Topliss-reactive ketones (excluding diaryl/α,β-unsaturated/α-hetero) is 2. The molecule has 2 amide bonds. The molecule has 0 spiro atoms. The molecule has 0 aromatic rings. The van der Waals surface area contributed by atoms with Crippen LogP contribution in [0.15, 0.2) is 22.3 Å². The lowest BCUT2D eigenvalue weighted by molar-refractivity contribution is -0.227. The van der Waals surface area contributed by atoms with E-state index in [0.717, 1.165) is 114 Å². The van der Waals surface area contributed by atoms with Crippen LogP contribution in [0.5, 0.6) is 0 Å². The Bertz CT molecular complexity index is 2020. The Balaban J connectivity index is 0.965. The van der Waals surface area contributed by atoms with Gasteiger partial charge in [-0.3, -0.25) is 9.59 Å². The molecule has 0 unspecified atom stereocenters. The standard InChI is InChI=1S/C59H92N2O5/c1-33(2)45-37(62)31-58(29-27-54(11)35(47(45)58)15-17-41-52(9)23-21-43(64)50(5,6)39(52)19-25-56(41,54)13)60-49(66)61-59-30-28-55(12)36(48(59)46(34(3)4)38(63)32-59)16-18-42-53(10)24-22-44(65)51(7,8)40(53)20-26-57(42,55)14/h33-36,39-44,64-65H,15-32H2,1-14H3,(H2,60,61,66)/t35-,36-,39+,40+,41-,42-,43+,44+,52+,53+,54-,55-,56-,57-,58-,59-/m1/s1. The van der Waals surface area contributed by atoms with Crippen molar-refractivity contribution in [3.8, 4) is 0 Å². The van der Waals surface area contributed by atoms with Crippen LogP contribution in [0.4, 0.5) is 4.79 Å². The second-order valence-corrected chi connectivity index (χ2v) is 28.9. The minimum absolute atomic E-state index is 0.0172. The van der Waals surface area contributed by atoms with Crippen molar-refractivity contribution in [2.75, 3.05) is 0 Å². The molecule has 8 saturated carbocycles. The average molecular weight is 909 g/mol. The number of fused-ring (bicyclic) bond motifs is 14. The Kier molecular flexibility index (Phi) is 10.5. The molecule has 0 radical (unpaired) electrons. The van der Waals surface area contributed by atoms with Crippen molar-refractivity contribution < 1.29 is 24.6 Å². The molecule has 7 nitrogen and oxygen atoms in total. The molecule has 10 rings (SSSR count). The van der Waals surface area contributed by atoms with Crippen molar-refractivity contribution in [1.82, 2.24) is 10.6 Å². The number of hydrogen-bond donors (Lipinski definition) is 4. The van der Waals surface area contributed by atoms with E-state index in [1.807, 2.05) is 0 Å². The zero-order valence-corrected chi connectivity index (χ0v) is 44.1. The maximum atomic E-state index is 15.3. The molecule has 0 heterocycles. The van der Waals surface area contributed by atoms with Crippen LogP contribution in [0.1, 0.15) is 213 Å². The molecule has 4 N–H and O–H groups in total. The fraction of sp³-hybridized carbons (Fsp3) is 0.881. The van der Waals surface area contributed by atoms with E-state index >= 15 is 4.79 Å². The predicted molar refractivity (Wildman–Crippen MR) is 263 cm³/mol. The molecule has 16 atom stereocenters. The number of rotatable bonds is 4. The van der Waals surface area contributed by atoms with Gasteiger partial charge in [0.1, 0.15) is 0 Å². The molecule has 0 aliphatic heterocycles. The van der Waals surface area contributed by atoms with Crippen LogP contribution in [0.3, 0.4) is 0 Å². The Hall–Kier alpha value is -1.99. The average Bonchev–Trinajstić information content (AvgIpc) is 3.68. The highest BCUT2D eigenvalue weighted by Gasteiger charge is 2.72. The number of carbonyl (C=O) groups excluding carboxylic acids is 3. The van der Waals surface area contributed by atoms with E-state index < -0.39 is 11.1 Å². The lowest BCUT2D eigenvalue weighted by Gasteiger charge is -2.72. The van der Waals surface area contributed by atoms with Gasteiger partial charge in [0.25, 0.3) is 0 Å². The van der Waals surface area contributed by atoms with E-state index in [-0.39, 0.29) is 96.8 Å². The smallest absolute Gasteiger partial charge is 0.316 e. The molecule has 0 aromatic carbocycles. The van der Waals surface area contributed by atoms with Crippen LogP contribution in [0.2, 0.25) is 0 Å². The highest BCUT2D eigenvalue weighted by Crippen LogP contribution is 2.78. The monoisotopic (exact) mass is 909 g/mol. The van der Waals surface area contributed by atoms with Gasteiger partial charge in [0.05, 0.1) is 23.3 Å². The highest BCUT2D eigenvalue weighted by molar-refractivity contribution is 6.03. The second kappa shape index (κ2) is 14.6. The van der Waals surface area contributed by atoms with Crippen LogP contribution in [-0.4, -0.2) is 51.1 Å². The number of aliphatic hydroxyl groups excluding tert-OH is 2. The zero-order valence-electron chi connectivity index (χ0n) is 44.1. The van der Waals surface area contributed by atoms with Gasteiger partial charge < -0.3 is 20.8 Å². The topological polar surface area (TPSA) is 116 Å².